The second kappa shape index (κ2) is 10.6. The van der Waals surface area contributed by atoms with Gasteiger partial charge >= 0.3 is 11.9 Å². The Morgan fingerprint density at radius 2 is 1.92 bits per heavy atom. The number of allylic oxidation sites excluding steroid dienone is 2. The normalized spacial score (nSPS) is 46.4. The van der Waals surface area contributed by atoms with Crippen LogP contribution in [0.2, 0.25) is 0 Å². The number of esters is 2. The smallest absolute Gasteiger partial charge is 0.331 e. The Morgan fingerprint density at radius 1 is 1.15 bits per heavy atom. The first-order chi connectivity index (χ1) is 18.6. The zero-order valence-electron chi connectivity index (χ0n) is 22.6. The molecule has 3 heterocycles. The standard InChI is InChI=1S/C29H38O10/c1-17-10-26(34)36-15-28-9-8-19(13-30)11-23(28)38-24-12-22(27(28,3)29(24)16-37-29)39-25(33)7-5-4-6-21(18(2)31)35-14-20(17)32/h4-7,10-11,18,20-24,30-32H,8-9,12-16H2,1-3H3/b6-4+,7-5-,17-10+/t18-,20+,21-,22-,23-,24-,27-,28-,29+/m1/s1. The van der Waals surface area contributed by atoms with Crippen molar-refractivity contribution in [2.24, 2.45) is 10.8 Å². The molecule has 2 spiro atoms. The Kier molecular flexibility index (Phi) is 7.64. The summed E-state index contributed by atoms with van der Waals surface area (Å²) < 4.78 is 30.2. The van der Waals surface area contributed by atoms with Gasteiger partial charge in [-0.15, -0.1) is 0 Å². The molecule has 2 aliphatic carbocycles. The fourth-order valence-electron chi connectivity index (χ4n) is 6.89. The van der Waals surface area contributed by atoms with Crippen LogP contribution in [0.5, 0.6) is 0 Å². The highest BCUT2D eigenvalue weighted by Crippen LogP contribution is 2.72. The van der Waals surface area contributed by atoms with Crippen LogP contribution in [0.1, 0.15) is 40.0 Å². The number of ether oxygens (including phenoxy) is 5. The number of carbonyl (C=O) groups is 2. The van der Waals surface area contributed by atoms with E-state index in [1.165, 1.54) is 18.2 Å². The van der Waals surface area contributed by atoms with Gasteiger partial charge in [-0.1, -0.05) is 31.2 Å². The first kappa shape index (κ1) is 28.2. The third kappa shape index (κ3) is 4.71. The average molecular weight is 547 g/mol. The highest BCUT2D eigenvalue weighted by molar-refractivity contribution is 5.83. The molecular formula is C29H38O10. The van der Waals surface area contributed by atoms with Gasteiger partial charge in [0.25, 0.3) is 0 Å². The number of aliphatic hydroxyl groups excluding tert-OH is 3. The summed E-state index contributed by atoms with van der Waals surface area (Å²) in [7, 11) is 0. The Morgan fingerprint density at radius 3 is 2.62 bits per heavy atom. The molecule has 39 heavy (non-hydrogen) atoms. The molecule has 0 aromatic heterocycles. The fraction of sp³-hybridized carbons (Fsp3) is 0.655. The van der Waals surface area contributed by atoms with Gasteiger partial charge in [0.2, 0.25) is 0 Å². The molecular weight excluding hydrogens is 508 g/mol. The molecule has 0 amide bonds. The second-order valence-corrected chi connectivity index (χ2v) is 11.5. The van der Waals surface area contributed by atoms with E-state index in [1.807, 2.05) is 13.0 Å². The lowest BCUT2D eigenvalue weighted by Crippen LogP contribution is -2.66. The number of aliphatic hydroxyl groups is 3. The molecule has 2 bridgehead atoms. The molecule has 10 nitrogen and oxygen atoms in total. The molecule has 5 aliphatic rings. The third-order valence-electron chi connectivity index (χ3n) is 9.47. The Bertz CT molecular complexity index is 1100. The van der Waals surface area contributed by atoms with Gasteiger partial charge in [-0.3, -0.25) is 0 Å². The van der Waals surface area contributed by atoms with Crippen LogP contribution in [-0.2, 0) is 33.3 Å². The number of rotatable bonds is 2. The molecule has 3 aliphatic heterocycles. The van der Waals surface area contributed by atoms with Crippen molar-refractivity contribution in [1.82, 2.24) is 0 Å². The lowest BCUT2D eigenvalue weighted by molar-refractivity contribution is -0.232. The molecule has 0 unspecified atom stereocenters. The maximum absolute atomic E-state index is 13.0. The van der Waals surface area contributed by atoms with Gasteiger partial charge in [0.05, 0.1) is 49.7 Å². The van der Waals surface area contributed by atoms with Crippen molar-refractivity contribution >= 4 is 11.9 Å². The van der Waals surface area contributed by atoms with Gasteiger partial charge in [-0.2, -0.15) is 0 Å². The van der Waals surface area contributed by atoms with Gasteiger partial charge in [0, 0.05) is 24.0 Å². The minimum atomic E-state index is -1.09. The number of hydrogen-bond donors (Lipinski definition) is 3. The van der Waals surface area contributed by atoms with E-state index in [2.05, 4.69) is 0 Å². The molecule has 0 radical (unpaired) electrons. The van der Waals surface area contributed by atoms with Crippen LogP contribution in [0.4, 0.5) is 0 Å². The number of epoxide rings is 1. The van der Waals surface area contributed by atoms with Gasteiger partial charge in [0.15, 0.2) is 0 Å². The van der Waals surface area contributed by atoms with Crippen molar-refractivity contribution < 1.29 is 48.6 Å². The molecule has 2 saturated heterocycles. The molecule has 10 heteroatoms. The quantitative estimate of drug-likeness (QED) is 0.263. The van der Waals surface area contributed by atoms with E-state index in [9.17, 15) is 24.9 Å². The van der Waals surface area contributed by atoms with Crippen molar-refractivity contribution in [3.63, 3.8) is 0 Å². The van der Waals surface area contributed by atoms with Crippen LogP contribution < -0.4 is 0 Å². The molecule has 5 rings (SSSR count). The predicted molar refractivity (Wildman–Crippen MR) is 137 cm³/mol. The number of carbonyl (C=O) groups excluding carboxylic acids is 2. The fourth-order valence-corrected chi connectivity index (χ4v) is 6.89. The average Bonchev–Trinajstić information content (AvgIpc) is 3.68. The van der Waals surface area contributed by atoms with Gasteiger partial charge in [0.1, 0.15) is 24.4 Å². The highest BCUT2D eigenvalue weighted by atomic mass is 16.6. The molecule has 3 N–H and O–H groups in total. The van der Waals surface area contributed by atoms with E-state index in [0.717, 1.165) is 5.57 Å². The van der Waals surface area contributed by atoms with E-state index in [-0.39, 0.29) is 25.9 Å². The maximum atomic E-state index is 13.0. The van der Waals surface area contributed by atoms with E-state index >= 15 is 0 Å². The zero-order chi connectivity index (χ0) is 28.0. The van der Waals surface area contributed by atoms with Crippen LogP contribution in [-0.4, -0.2) is 95.9 Å². The van der Waals surface area contributed by atoms with Crippen molar-refractivity contribution in [1.29, 1.82) is 0 Å². The third-order valence-corrected chi connectivity index (χ3v) is 9.47. The number of hydrogen-bond acceptors (Lipinski definition) is 10. The first-order valence-electron chi connectivity index (χ1n) is 13.5. The Hall–Kier alpha value is -2.34. The van der Waals surface area contributed by atoms with Gasteiger partial charge in [-0.25, -0.2) is 9.59 Å². The zero-order valence-corrected chi connectivity index (χ0v) is 22.6. The summed E-state index contributed by atoms with van der Waals surface area (Å²) in [5.41, 5.74) is -0.974. The summed E-state index contributed by atoms with van der Waals surface area (Å²) in [4.78, 5) is 25.9. The monoisotopic (exact) mass is 546 g/mol. The molecule has 0 aromatic carbocycles. The predicted octanol–water partition coefficient (Wildman–Crippen LogP) is 1.29. The van der Waals surface area contributed by atoms with E-state index in [4.69, 9.17) is 23.7 Å². The number of cyclic esters (lactones) is 1. The summed E-state index contributed by atoms with van der Waals surface area (Å²) in [6.07, 6.45) is 6.63. The van der Waals surface area contributed by atoms with Crippen molar-refractivity contribution in [3.8, 4) is 0 Å². The lowest BCUT2D eigenvalue weighted by atomic mass is 9.51. The minimum absolute atomic E-state index is 0.0207. The first-order valence-corrected chi connectivity index (χ1v) is 13.5. The Labute approximate surface area is 227 Å². The summed E-state index contributed by atoms with van der Waals surface area (Å²) in [5.74, 6) is -1.17. The molecule has 9 atom stereocenters. The van der Waals surface area contributed by atoms with Crippen molar-refractivity contribution in [2.75, 3.05) is 26.4 Å². The maximum Gasteiger partial charge on any atom is 0.331 e. The SMILES string of the molecule is C/C1=C\C(=O)OC[C@]23CCC(CO)=C[C@H]2O[C@@H]2C[C@@H](OC(=O)/C=C\C=C\[C@H]([C@@H](C)O)OC[C@@H]1O)[C@@]3(C)[C@]21CO1. The summed E-state index contributed by atoms with van der Waals surface area (Å²) in [5, 5.41) is 30.4. The minimum Gasteiger partial charge on any atom is -0.462 e. The van der Waals surface area contributed by atoms with Crippen molar-refractivity contribution in [2.45, 2.75) is 82.3 Å². The van der Waals surface area contributed by atoms with Crippen molar-refractivity contribution in [3.05, 3.63) is 47.6 Å². The summed E-state index contributed by atoms with van der Waals surface area (Å²) in [6.45, 7) is 5.38. The second-order valence-electron chi connectivity index (χ2n) is 11.5. The summed E-state index contributed by atoms with van der Waals surface area (Å²) in [6, 6.07) is 0. The van der Waals surface area contributed by atoms with Gasteiger partial charge < -0.3 is 39.0 Å². The van der Waals surface area contributed by atoms with E-state index in [1.54, 1.807) is 26.0 Å². The molecule has 1 saturated carbocycles. The summed E-state index contributed by atoms with van der Waals surface area (Å²) >= 11 is 0. The van der Waals surface area contributed by atoms with E-state index < -0.39 is 58.9 Å². The van der Waals surface area contributed by atoms with Crippen LogP contribution in [0.15, 0.2) is 47.6 Å². The lowest BCUT2D eigenvalue weighted by Gasteiger charge is -2.58. The molecule has 3 fully saturated rings. The highest BCUT2D eigenvalue weighted by Gasteiger charge is 2.83. The van der Waals surface area contributed by atoms with Crippen LogP contribution in [0.25, 0.3) is 0 Å². The van der Waals surface area contributed by atoms with Crippen LogP contribution >= 0.6 is 0 Å². The molecule has 0 aromatic rings. The Balaban J connectivity index is 1.53. The van der Waals surface area contributed by atoms with Crippen LogP contribution in [0.3, 0.4) is 0 Å². The largest absolute Gasteiger partial charge is 0.462 e. The van der Waals surface area contributed by atoms with E-state index in [0.29, 0.717) is 31.4 Å². The van der Waals surface area contributed by atoms with Gasteiger partial charge in [-0.05, 0) is 37.8 Å². The topological polar surface area (TPSA) is 144 Å². The molecule has 214 valence electrons. The van der Waals surface area contributed by atoms with Crippen LogP contribution in [0, 0.1) is 10.8 Å².